The van der Waals surface area contributed by atoms with E-state index in [1.807, 2.05) is 7.05 Å². The number of carbonyl (C=O) groups is 4. The first-order chi connectivity index (χ1) is 21.5. The molecule has 0 saturated carbocycles. The van der Waals surface area contributed by atoms with Gasteiger partial charge in [0.2, 0.25) is 30.7 Å². The number of ether oxygens (including phenoxy) is 6. The summed E-state index contributed by atoms with van der Waals surface area (Å²) < 4.78 is 36.0. The highest BCUT2D eigenvalue weighted by Crippen LogP contribution is 2.41. The lowest BCUT2D eigenvalue weighted by atomic mass is 9.88. The zero-order valence-corrected chi connectivity index (χ0v) is 26.7. The summed E-state index contributed by atoms with van der Waals surface area (Å²) in [6, 6.07) is 0.189. The SMILES string of the molecule is CCN1CCCCC1c1nn(C)c2nc(O[C@H]3O[C@@H](OC(C)=O)[C@@H](OC(C)=O)[C@@H](OC(C)=O)[C@H]3OC(C)=O)c3c(c12)CCCC3. The van der Waals surface area contributed by atoms with Gasteiger partial charge in [0.25, 0.3) is 0 Å². The Kier molecular flexibility index (Phi) is 9.92. The van der Waals surface area contributed by atoms with Crippen molar-refractivity contribution in [1.29, 1.82) is 0 Å². The minimum atomic E-state index is -1.54. The second-order valence-electron chi connectivity index (χ2n) is 11.8. The van der Waals surface area contributed by atoms with Crippen LogP contribution in [0.4, 0.5) is 0 Å². The summed E-state index contributed by atoms with van der Waals surface area (Å²) in [6.45, 7) is 8.74. The molecule has 0 amide bonds. The van der Waals surface area contributed by atoms with Crippen molar-refractivity contribution in [2.45, 2.75) is 116 Å². The molecule has 0 bridgehead atoms. The molecule has 14 nitrogen and oxygen atoms in total. The molecule has 2 aromatic rings. The molecule has 2 saturated heterocycles. The average Bonchev–Trinajstić information content (AvgIpc) is 3.31. The predicted molar refractivity (Wildman–Crippen MR) is 157 cm³/mol. The van der Waals surface area contributed by atoms with Gasteiger partial charge in [-0.3, -0.25) is 28.8 Å². The van der Waals surface area contributed by atoms with Crippen molar-refractivity contribution >= 4 is 34.9 Å². The molecule has 0 N–H and O–H groups in total. The molecule has 1 aliphatic carbocycles. The van der Waals surface area contributed by atoms with Crippen LogP contribution in [-0.2, 0) is 62.8 Å². The van der Waals surface area contributed by atoms with E-state index < -0.39 is 54.8 Å². The normalized spacial score (nSPS) is 26.9. The lowest BCUT2D eigenvalue weighted by Crippen LogP contribution is -2.63. The molecular formula is C31H42N4O10. The van der Waals surface area contributed by atoms with Crippen molar-refractivity contribution in [2.24, 2.45) is 7.05 Å². The van der Waals surface area contributed by atoms with E-state index in [9.17, 15) is 19.2 Å². The van der Waals surface area contributed by atoms with E-state index >= 15 is 0 Å². The van der Waals surface area contributed by atoms with Crippen molar-refractivity contribution < 1.29 is 47.6 Å². The molecule has 2 aromatic heterocycles. The van der Waals surface area contributed by atoms with E-state index in [1.54, 1.807) is 4.68 Å². The number of hydrogen-bond acceptors (Lipinski definition) is 13. The lowest BCUT2D eigenvalue weighted by molar-refractivity contribution is -0.328. The Morgan fingerprint density at radius 3 is 2.02 bits per heavy atom. The zero-order valence-electron chi connectivity index (χ0n) is 26.7. The molecule has 14 heteroatoms. The van der Waals surface area contributed by atoms with Gasteiger partial charge in [0, 0.05) is 45.7 Å². The van der Waals surface area contributed by atoms with Crippen LogP contribution in [0.2, 0.25) is 0 Å². The Morgan fingerprint density at radius 1 is 0.800 bits per heavy atom. The molecule has 4 heterocycles. The first-order valence-electron chi connectivity index (χ1n) is 15.6. The van der Waals surface area contributed by atoms with Gasteiger partial charge in [0.05, 0.1) is 11.7 Å². The molecule has 0 spiro atoms. The molecule has 45 heavy (non-hydrogen) atoms. The van der Waals surface area contributed by atoms with Gasteiger partial charge in [-0.2, -0.15) is 10.1 Å². The first-order valence-corrected chi connectivity index (χ1v) is 15.6. The van der Waals surface area contributed by atoms with Gasteiger partial charge >= 0.3 is 23.9 Å². The van der Waals surface area contributed by atoms with Crippen molar-refractivity contribution in [1.82, 2.24) is 19.7 Å². The molecule has 6 atom stereocenters. The average molecular weight is 631 g/mol. The summed E-state index contributed by atoms with van der Waals surface area (Å²) in [7, 11) is 1.85. The summed E-state index contributed by atoms with van der Waals surface area (Å²) in [4.78, 5) is 56.0. The van der Waals surface area contributed by atoms with E-state index in [-0.39, 0.29) is 11.9 Å². The number of likely N-dealkylation sites (tertiary alicyclic amines) is 1. The van der Waals surface area contributed by atoms with E-state index in [2.05, 4.69) is 11.8 Å². The maximum atomic E-state index is 12.3. The van der Waals surface area contributed by atoms with Gasteiger partial charge in [0.1, 0.15) is 0 Å². The smallest absolute Gasteiger partial charge is 0.305 e. The van der Waals surface area contributed by atoms with Crippen LogP contribution < -0.4 is 4.74 Å². The number of rotatable bonds is 8. The monoisotopic (exact) mass is 630 g/mol. The predicted octanol–water partition coefficient (Wildman–Crippen LogP) is 2.81. The van der Waals surface area contributed by atoms with Gasteiger partial charge in [-0.05, 0) is 57.2 Å². The van der Waals surface area contributed by atoms with Gasteiger partial charge in [-0.25, -0.2) is 4.68 Å². The Hall–Kier alpha value is -3.78. The standard InChI is InChI=1S/C31H42N4O10/c1-7-35-15-11-10-14-22(35)24-23-20-12-8-9-13-21(20)29(32-28(23)34(6)33-24)44-31-27(42-18(4)38)25(40-16(2)36)26(41-17(3)37)30(45-31)43-19(5)39/h22,25-27,30-31H,7-15H2,1-6H3/t22?,25-,26+,27-,30-,31+/m1/s1. The van der Waals surface area contributed by atoms with Crippen molar-refractivity contribution in [3.63, 3.8) is 0 Å². The highest BCUT2D eigenvalue weighted by atomic mass is 16.8. The van der Waals surface area contributed by atoms with Crippen molar-refractivity contribution in [2.75, 3.05) is 13.1 Å². The molecule has 2 aliphatic heterocycles. The van der Waals surface area contributed by atoms with Gasteiger partial charge in [0.15, 0.2) is 11.8 Å². The topological polar surface area (TPSA) is 158 Å². The van der Waals surface area contributed by atoms with Crippen LogP contribution in [0.25, 0.3) is 11.0 Å². The Balaban J connectivity index is 1.60. The second kappa shape index (κ2) is 13.7. The van der Waals surface area contributed by atoms with E-state index in [4.69, 9.17) is 38.5 Å². The maximum Gasteiger partial charge on any atom is 0.305 e. The fourth-order valence-electron chi connectivity index (χ4n) is 6.75. The number of aromatic nitrogens is 3. The number of carbonyl (C=O) groups excluding carboxylic acids is 4. The van der Waals surface area contributed by atoms with Crippen LogP contribution in [0.5, 0.6) is 5.88 Å². The number of fused-ring (bicyclic) bond motifs is 3. The van der Waals surface area contributed by atoms with Crippen molar-refractivity contribution in [3.8, 4) is 5.88 Å². The number of aryl methyl sites for hydroxylation is 2. The molecule has 0 aromatic carbocycles. The van der Waals surface area contributed by atoms with Crippen LogP contribution in [0.15, 0.2) is 0 Å². The van der Waals surface area contributed by atoms with Crippen LogP contribution in [0, 0.1) is 0 Å². The summed E-state index contributed by atoms with van der Waals surface area (Å²) in [5.74, 6) is -2.73. The van der Waals surface area contributed by atoms with Crippen molar-refractivity contribution in [3.05, 3.63) is 16.8 Å². The second-order valence-corrected chi connectivity index (χ2v) is 11.8. The first kappa shape index (κ1) is 32.6. The van der Waals surface area contributed by atoms with Crippen LogP contribution >= 0.6 is 0 Å². The summed E-state index contributed by atoms with van der Waals surface area (Å²) in [5.41, 5.74) is 3.67. The zero-order chi connectivity index (χ0) is 32.4. The molecule has 3 aliphatic rings. The molecule has 0 radical (unpaired) electrons. The van der Waals surface area contributed by atoms with Gasteiger partial charge < -0.3 is 23.7 Å². The number of pyridine rings is 1. The van der Waals surface area contributed by atoms with Gasteiger partial charge in [-0.1, -0.05) is 13.3 Å². The minimum Gasteiger partial charge on any atom is -0.454 e. The Morgan fingerprint density at radius 2 is 1.40 bits per heavy atom. The molecule has 1 unspecified atom stereocenters. The quantitative estimate of drug-likeness (QED) is 0.310. The Bertz CT molecular complexity index is 1460. The van der Waals surface area contributed by atoms with E-state index in [1.165, 1.54) is 6.92 Å². The Labute approximate surface area is 261 Å². The van der Waals surface area contributed by atoms with E-state index in [0.717, 1.165) is 94.6 Å². The third-order valence-corrected chi connectivity index (χ3v) is 8.48. The maximum absolute atomic E-state index is 12.3. The fraction of sp³-hybridized carbons (Fsp3) is 0.677. The number of nitrogens with zero attached hydrogens (tertiary/aromatic N) is 4. The highest BCUT2D eigenvalue weighted by Gasteiger charge is 2.55. The number of piperidine rings is 1. The highest BCUT2D eigenvalue weighted by molar-refractivity contribution is 5.85. The lowest BCUT2D eigenvalue weighted by Gasteiger charge is -2.43. The van der Waals surface area contributed by atoms with Crippen LogP contribution in [0.1, 0.15) is 89.6 Å². The third-order valence-electron chi connectivity index (χ3n) is 8.48. The molecule has 246 valence electrons. The largest absolute Gasteiger partial charge is 0.454 e. The fourth-order valence-corrected chi connectivity index (χ4v) is 6.75. The summed E-state index contributed by atoms with van der Waals surface area (Å²) in [5, 5.41) is 6.02. The number of esters is 4. The minimum absolute atomic E-state index is 0.189. The summed E-state index contributed by atoms with van der Waals surface area (Å²) >= 11 is 0. The molecule has 2 fully saturated rings. The van der Waals surface area contributed by atoms with E-state index in [0.29, 0.717) is 12.1 Å². The molecule has 5 rings (SSSR count). The van der Waals surface area contributed by atoms with Crippen LogP contribution in [-0.4, -0.2) is 87.5 Å². The molecular weight excluding hydrogens is 588 g/mol. The van der Waals surface area contributed by atoms with Gasteiger partial charge in [-0.15, -0.1) is 0 Å². The number of hydrogen-bond donors (Lipinski definition) is 0. The van der Waals surface area contributed by atoms with Crippen LogP contribution in [0.3, 0.4) is 0 Å². The third kappa shape index (κ3) is 6.91. The summed E-state index contributed by atoms with van der Waals surface area (Å²) in [6.07, 6.45) is -0.548.